The summed E-state index contributed by atoms with van der Waals surface area (Å²) in [4.78, 5) is 17.7. The zero-order valence-corrected chi connectivity index (χ0v) is 19.7. The minimum atomic E-state index is -3.65. The molecule has 0 aromatic heterocycles. The molecule has 2 atom stereocenters. The zero-order chi connectivity index (χ0) is 23.4. The Bertz CT molecular complexity index is 1050. The fraction of sp³-hybridized carbons (Fsp3) is 0.458. The van der Waals surface area contributed by atoms with Gasteiger partial charge in [0.2, 0.25) is 10.0 Å². The van der Waals surface area contributed by atoms with E-state index in [1.54, 1.807) is 19.0 Å². The van der Waals surface area contributed by atoms with Crippen LogP contribution in [0.3, 0.4) is 0 Å². The average molecular weight is 475 g/mol. The first-order chi connectivity index (χ1) is 15.9. The number of esters is 1. The van der Waals surface area contributed by atoms with E-state index in [0.717, 1.165) is 5.56 Å². The summed E-state index contributed by atoms with van der Waals surface area (Å²) in [5.74, 6) is 0.845. The summed E-state index contributed by atoms with van der Waals surface area (Å²) in [7, 11) is -1.90. The summed E-state index contributed by atoms with van der Waals surface area (Å²) >= 11 is 0. The molecule has 2 aromatic rings. The summed E-state index contributed by atoms with van der Waals surface area (Å²) in [6, 6.07) is 16.4. The fourth-order valence-corrected chi connectivity index (χ4v) is 6.44. The summed E-state index contributed by atoms with van der Waals surface area (Å²) < 4.78 is 39.7. The number of benzene rings is 2. The van der Waals surface area contributed by atoms with Crippen molar-refractivity contribution < 1.29 is 27.5 Å². The summed E-state index contributed by atoms with van der Waals surface area (Å²) in [5.41, 5.74) is 0.804. The van der Waals surface area contributed by atoms with E-state index in [4.69, 9.17) is 14.3 Å². The highest BCUT2D eigenvalue weighted by atomic mass is 32.2. The molecule has 0 amide bonds. The molecule has 2 fully saturated rings. The molecule has 2 saturated heterocycles. The lowest BCUT2D eigenvalue weighted by Crippen LogP contribution is -2.46. The van der Waals surface area contributed by atoms with Gasteiger partial charge in [0, 0.05) is 20.1 Å². The lowest BCUT2D eigenvalue weighted by molar-refractivity contribution is -0.149. The quantitative estimate of drug-likeness (QED) is 0.569. The second-order valence-electron chi connectivity index (χ2n) is 8.28. The van der Waals surface area contributed by atoms with E-state index in [1.165, 1.54) is 4.31 Å². The number of hydroxylamine groups is 2. The molecular formula is C24H30N2O6S. The molecule has 2 aliphatic heterocycles. The Balaban J connectivity index is 1.50. The molecule has 0 unspecified atom stereocenters. The molecule has 33 heavy (non-hydrogen) atoms. The van der Waals surface area contributed by atoms with Crippen LogP contribution in [-0.4, -0.2) is 62.4 Å². The van der Waals surface area contributed by atoms with Gasteiger partial charge in [0.25, 0.3) is 0 Å². The standard InChI is InChI=1S/C24H30N2O6S/c1-3-30-24(27)18-12-14-26(15-13-18)33(28,29)22-17-31-25(2)23(22)19-8-7-11-21(16-19)32-20-9-5-4-6-10-20/h4-11,16,18,22-23H,3,12-15,17H2,1-2H3/t22-,23+/m1/s1. The molecule has 0 N–H and O–H groups in total. The van der Waals surface area contributed by atoms with Crippen LogP contribution in [0.25, 0.3) is 0 Å². The molecule has 0 bridgehead atoms. The van der Waals surface area contributed by atoms with Gasteiger partial charge < -0.3 is 9.47 Å². The van der Waals surface area contributed by atoms with Gasteiger partial charge in [0.05, 0.1) is 25.2 Å². The number of hydrogen-bond donors (Lipinski definition) is 0. The van der Waals surface area contributed by atoms with Crippen molar-refractivity contribution in [2.45, 2.75) is 31.1 Å². The van der Waals surface area contributed by atoms with Crippen LogP contribution in [0.1, 0.15) is 31.4 Å². The maximum atomic E-state index is 13.6. The van der Waals surface area contributed by atoms with Gasteiger partial charge in [-0.1, -0.05) is 30.3 Å². The van der Waals surface area contributed by atoms with Crippen LogP contribution in [0, 0.1) is 5.92 Å². The third kappa shape index (κ3) is 5.22. The average Bonchev–Trinajstić information content (AvgIpc) is 3.22. The molecule has 9 heteroatoms. The number of piperidine rings is 1. The molecule has 0 saturated carbocycles. The van der Waals surface area contributed by atoms with Crippen molar-refractivity contribution in [2.24, 2.45) is 5.92 Å². The van der Waals surface area contributed by atoms with Crippen molar-refractivity contribution in [3.63, 3.8) is 0 Å². The van der Waals surface area contributed by atoms with E-state index in [1.807, 2.05) is 54.6 Å². The number of nitrogens with zero attached hydrogens (tertiary/aromatic N) is 2. The molecule has 0 radical (unpaired) electrons. The van der Waals surface area contributed by atoms with Crippen molar-refractivity contribution >= 4 is 16.0 Å². The second-order valence-corrected chi connectivity index (χ2v) is 10.4. The van der Waals surface area contributed by atoms with Crippen molar-refractivity contribution in [3.8, 4) is 11.5 Å². The molecule has 4 rings (SSSR count). The van der Waals surface area contributed by atoms with Gasteiger partial charge in [-0.3, -0.25) is 9.63 Å². The molecule has 2 aliphatic rings. The second kappa shape index (κ2) is 10.2. The number of ether oxygens (including phenoxy) is 2. The smallest absolute Gasteiger partial charge is 0.309 e. The van der Waals surface area contributed by atoms with Crippen LogP contribution in [0.2, 0.25) is 0 Å². The van der Waals surface area contributed by atoms with Gasteiger partial charge in [0.15, 0.2) is 0 Å². The maximum Gasteiger partial charge on any atom is 0.309 e. The predicted octanol–water partition coefficient (Wildman–Crippen LogP) is 3.37. The van der Waals surface area contributed by atoms with Crippen molar-refractivity contribution in [3.05, 3.63) is 60.2 Å². The van der Waals surface area contributed by atoms with E-state index in [9.17, 15) is 13.2 Å². The third-order valence-electron chi connectivity index (χ3n) is 6.18. The Kier molecular flexibility index (Phi) is 7.33. The monoisotopic (exact) mass is 474 g/mol. The van der Waals surface area contributed by atoms with Gasteiger partial charge in [-0.2, -0.15) is 5.06 Å². The minimum Gasteiger partial charge on any atom is -0.466 e. The Morgan fingerprint density at radius 1 is 1.06 bits per heavy atom. The van der Waals surface area contributed by atoms with Crippen LogP contribution < -0.4 is 4.74 Å². The van der Waals surface area contributed by atoms with Crippen LogP contribution in [0.15, 0.2) is 54.6 Å². The third-order valence-corrected chi connectivity index (χ3v) is 8.43. The Hall–Kier alpha value is -2.46. The summed E-state index contributed by atoms with van der Waals surface area (Å²) in [5, 5.41) is 0.850. The summed E-state index contributed by atoms with van der Waals surface area (Å²) in [6.45, 7) is 2.78. The molecule has 2 aromatic carbocycles. The number of hydrogen-bond acceptors (Lipinski definition) is 7. The molecule has 8 nitrogen and oxygen atoms in total. The Morgan fingerprint density at radius 3 is 2.45 bits per heavy atom. The molecule has 2 heterocycles. The first-order valence-electron chi connectivity index (χ1n) is 11.2. The van der Waals surface area contributed by atoms with Gasteiger partial charge in [0.1, 0.15) is 16.7 Å². The Morgan fingerprint density at radius 2 is 1.76 bits per heavy atom. The lowest BCUT2D eigenvalue weighted by Gasteiger charge is -2.33. The minimum absolute atomic E-state index is 0.0745. The number of sulfonamides is 1. The molecule has 0 spiro atoms. The number of carbonyl (C=O) groups is 1. The molecule has 0 aliphatic carbocycles. The van der Waals surface area contributed by atoms with Gasteiger partial charge in [-0.15, -0.1) is 0 Å². The summed E-state index contributed by atoms with van der Waals surface area (Å²) in [6.07, 6.45) is 0.930. The Labute approximate surface area is 195 Å². The van der Waals surface area contributed by atoms with Crippen LogP contribution >= 0.6 is 0 Å². The topological polar surface area (TPSA) is 85.4 Å². The van der Waals surface area contributed by atoms with Crippen LogP contribution in [0.4, 0.5) is 0 Å². The highest BCUT2D eigenvalue weighted by molar-refractivity contribution is 7.89. The first-order valence-corrected chi connectivity index (χ1v) is 12.7. The first kappa shape index (κ1) is 23.7. The fourth-order valence-electron chi connectivity index (χ4n) is 4.45. The lowest BCUT2D eigenvalue weighted by atomic mass is 9.98. The number of rotatable bonds is 7. The predicted molar refractivity (Wildman–Crippen MR) is 123 cm³/mol. The maximum absolute atomic E-state index is 13.6. The SMILES string of the molecule is CCOC(=O)C1CCN(S(=O)(=O)[C@@H]2CON(C)[C@H]2c2cccc(Oc3ccccc3)c2)CC1. The van der Waals surface area contributed by atoms with E-state index in [0.29, 0.717) is 44.0 Å². The van der Waals surface area contributed by atoms with Crippen molar-refractivity contribution in [1.82, 2.24) is 9.37 Å². The molecule has 178 valence electrons. The largest absolute Gasteiger partial charge is 0.466 e. The van der Waals surface area contributed by atoms with Gasteiger partial charge >= 0.3 is 5.97 Å². The van der Waals surface area contributed by atoms with Crippen LogP contribution in [-0.2, 0) is 24.4 Å². The van der Waals surface area contributed by atoms with E-state index in [-0.39, 0.29) is 18.5 Å². The van der Waals surface area contributed by atoms with Crippen molar-refractivity contribution in [2.75, 3.05) is 33.4 Å². The van der Waals surface area contributed by atoms with E-state index < -0.39 is 21.3 Å². The van der Waals surface area contributed by atoms with E-state index in [2.05, 4.69) is 0 Å². The van der Waals surface area contributed by atoms with Gasteiger partial charge in [-0.05, 0) is 49.6 Å². The normalized spacial score (nSPS) is 22.8. The number of para-hydroxylation sites is 1. The van der Waals surface area contributed by atoms with Gasteiger partial charge in [-0.25, -0.2) is 12.7 Å². The zero-order valence-electron chi connectivity index (χ0n) is 18.9. The highest BCUT2D eigenvalue weighted by Gasteiger charge is 2.46. The molecular weight excluding hydrogens is 444 g/mol. The number of carbonyl (C=O) groups excluding carboxylic acids is 1. The van der Waals surface area contributed by atoms with Crippen molar-refractivity contribution in [1.29, 1.82) is 0 Å². The highest BCUT2D eigenvalue weighted by Crippen LogP contribution is 2.37. The van der Waals surface area contributed by atoms with Crippen LogP contribution in [0.5, 0.6) is 11.5 Å². The van der Waals surface area contributed by atoms with E-state index >= 15 is 0 Å².